The third kappa shape index (κ3) is 13.6. The van der Waals surface area contributed by atoms with E-state index in [2.05, 4.69) is 20.4 Å². The van der Waals surface area contributed by atoms with Crippen molar-refractivity contribution in [1.29, 1.82) is 5.41 Å². The Kier molecular flexibility index (Phi) is 13.3. The topological polar surface area (TPSA) is 42.3 Å². The van der Waals surface area contributed by atoms with E-state index in [1.807, 2.05) is 0 Å². The van der Waals surface area contributed by atoms with Crippen LogP contribution in [0.5, 0.6) is 0 Å². The first kappa shape index (κ1) is 18.3. The maximum absolute atomic E-state index is 7.85. The lowest BCUT2D eigenvalue weighted by Gasteiger charge is -2.08. The Labute approximate surface area is 118 Å². The van der Waals surface area contributed by atoms with Crippen LogP contribution in [0, 0.1) is 5.41 Å². The van der Waals surface area contributed by atoms with Crippen LogP contribution in [0.1, 0.15) is 58.8 Å². The first-order valence-corrected chi connectivity index (χ1v) is 7.59. The molecule has 0 aromatic heterocycles. The Balaban J connectivity index is 3.38. The van der Waals surface area contributed by atoms with E-state index in [-0.39, 0.29) is 0 Å². The van der Waals surface area contributed by atoms with Gasteiger partial charge in [0, 0.05) is 25.3 Å². The number of rotatable bonds is 14. The highest BCUT2D eigenvalue weighted by Crippen LogP contribution is 2.09. The van der Waals surface area contributed by atoms with Gasteiger partial charge in [-0.2, -0.15) is 0 Å². The molecule has 1 N–H and O–H groups in total. The van der Waals surface area contributed by atoms with E-state index in [9.17, 15) is 0 Å². The molecule has 0 spiro atoms. The van der Waals surface area contributed by atoms with Gasteiger partial charge in [0.15, 0.2) is 0 Å². The highest BCUT2D eigenvalue weighted by atomic mass is 16.5. The van der Waals surface area contributed by atoms with Crippen molar-refractivity contribution in [2.75, 3.05) is 26.4 Å². The highest BCUT2D eigenvalue weighted by molar-refractivity contribution is 5.81. The SMILES string of the molecule is C=C(CCOCCC)CCC(=N)CCOCCCC. The van der Waals surface area contributed by atoms with Crippen molar-refractivity contribution in [2.24, 2.45) is 0 Å². The largest absolute Gasteiger partial charge is 0.381 e. The third-order valence-corrected chi connectivity index (χ3v) is 2.92. The van der Waals surface area contributed by atoms with E-state index in [4.69, 9.17) is 14.9 Å². The highest BCUT2D eigenvalue weighted by Gasteiger charge is 2.01. The Hall–Kier alpha value is -0.670. The summed E-state index contributed by atoms with van der Waals surface area (Å²) in [5, 5.41) is 7.85. The van der Waals surface area contributed by atoms with Crippen LogP contribution < -0.4 is 0 Å². The van der Waals surface area contributed by atoms with Crippen LogP contribution in [0.4, 0.5) is 0 Å². The van der Waals surface area contributed by atoms with E-state index in [1.54, 1.807) is 0 Å². The van der Waals surface area contributed by atoms with Crippen LogP contribution in [-0.4, -0.2) is 32.1 Å². The normalized spacial score (nSPS) is 10.6. The molecule has 3 heteroatoms. The van der Waals surface area contributed by atoms with E-state index < -0.39 is 0 Å². The van der Waals surface area contributed by atoms with Crippen molar-refractivity contribution < 1.29 is 9.47 Å². The van der Waals surface area contributed by atoms with Gasteiger partial charge in [-0.05, 0) is 32.1 Å². The van der Waals surface area contributed by atoms with Crippen molar-refractivity contribution in [3.8, 4) is 0 Å². The molecule has 0 saturated carbocycles. The predicted molar refractivity (Wildman–Crippen MR) is 82.2 cm³/mol. The summed E-state index contributed by atoms with van der Waals surface area (Å²) in [5.41, 5.74) is 1.96. The summed E-state index contributed by atoms with van der Waals surface area (Å²) in [6, 6.07) is 0. The fourth-order valence-corrected chi connectivity index (χ4v) is 1.58. The summed E-state index contributed by atoms with van der Waals surface area (Å²) in [6.45, 7) is 11.4. The van der Waals surface area contributed by atoms with Crippen LogP contribution in [0.2, 0.25) is 0 Å². The molecule has 0 aliphatic rings. The Morgan fingerprint density at radius 3 is 2.21 bits per heavy atom. The first-order valence-electron chi connectivity index (χ1n) is 7.59. The molecular weight excluding hydrogens is 238 g/mol. The summed E-state index contributed by atoms with van der Waals surface area (Å²) >= 11 is 0. The number of nitrogens with one attached hydrogen (secondary N) is 1. The van der Waals surface area contributed by atoms with E-state index >= 15 is 0 Å². The lowest BCUT2D eigenvalue weighted by atomic mass is 10.1. The molecule has 0 rings (SSSR count). The maximum atomic E-state index is 7.85. The van der Waals surface area contributed by atoms with Gasteiger partial charge < -0.3 is 14.9 Å². The van der Waals surface area contributed by atoms with Crippen molar-refractivity contribution in [3.05, 3.63) is 12.2 Å². The molecule has 0 heterocycles. The van der Waals surface area contributed by atoms with Gasteiger partial charge in [0.05, 0.1) is 13.2 Å². The minimum absolute atomic E-state index is 0.685. The van der Waals surface area contributed by atoms with Crippen LogP contribution in [0.15, 0.2) is 12.2 Å². The molecule has 0 saturated heterocycles. The second kappa shape index (κ2) is 13.8. The zero-order valence-corrected chi connectivity index (χ0v) is 12.8. The number of ether oxygens (including phenoxy) is 2. The van der Waals surface area contributed by atoms with Crippen molar-refractivity contribution in [2.45, 2.75) is 58.8 Å². The zero-order chi connectivity index (χ0) is 14.3. The second-order valence-corrected chi connectivity index (χ2v) is 4.93. The average Bonchev–Trinajstić information content (AvgIpc) is 2.41. The second-order valence-electron chi connectivity index (χ2n) is 4.93. The molecule has 112 valence electrons. The van der Waals surface area contributed by atoms with E-state index in [0.717, 1.165) is 70.5 Å². The predicted octanol–water partition coefficient (Wildman–Crippen LogP) is 4.37. The molecule has 0 aromatic rings. The molecule has 0 unspecified atom stereocenters. The standard InChI is InChI=1S/C16H31NO2/c1-4-6-12-19-14-10-16(17)8-7-15(3)9-13-18-11-5-2/h17H,3-14H2,1-2H3. The molecule has 0 aliphatic heterocycles. The van der Waals surface area contributed by atoms with E-state index in [0.29, 0.717) is 6.61 Å². The quantitative estimate of drug-likeness (QED) is 0.289. The van der Waals surface area contributed by atoms with Crippen LogP contribution >= 0.6 is 0 Å². The molecule has 0 bridgehead atoms. The van der Waals surface area contributed by atoms with Crippen LogP contribution in [0.25, 0.3) is 0 Å². The first-order chi connectivity index (χ1) is 9.20. The summed E-state index contributed by atoms with van der Waals surface area (Å²) in [7, 11) is 0. The minimum atomic E-state index is 0.685. The number of hydrogen-bond donors (Lipinski definition) is 1. The van der Waals surface area contributed by atoms with Gasteiger partial charge >= 0.3 is 0 Å². The van der Waals surface area contributed by atoms with Crippen LogP contribution in [0.3, 0.4) is 0 Å². The van der Waals surface area contributed by atoms with Gasteiger partial charge in [0.2, 0.25) is 0 Å². The Morgan fingerprint density at radius 2 is 1.53 bits per heavy atom. The number of hydrogen-bond acceptors (Lipinski definition) is 3. The van der Waals surface area contributed by atoms with Gasteiger partial charge in [-0.1, -0.05) is 32.4 Å². The fraction of sp³-hybridized carbons (Fsp3) is 0.812. The van der Waals surface area contributed by atoms with Crippen molar-refractivity contribution >= 4 is 5.71 Å². The van der Waals surface area contributed by atoms with E-state index in [1.165, 1.54) is 5.57 Å². The lowest BCUT2D eigenvalue weighted by Crippen LogP contribution is -2.05. The van der Waals surface area contributed by atoms with Gasteiger partial charge in [0.1, 0.15) is 0 Å². The van der Waals surface area contributed by atoms with Crippen LogP contribution in [-0.2, 0) is 9.47 Å². The monoisotopic (exact) mass is 269 g/mol. The molecular formula is C16H31NO2. The molecule has 0 aromatic carbocycles. The summed E-state index contributed by atoms with van der Waals surface area (Å²) in [4.78, 5) is 0. The summed E-state index contributed by atoms with van der Waals surface area (Å²) < 4.78 is 10.9. The average molecular weight is 269 g/mol. The summed E-state index contributed by atoms with van der Waals surface area (Å²) in [6.07, 6.45) is 6.73. The molecule has 0 aliphatic carbocycles. The molecule has 0 amide bonds. The van der Waals surface area contributed by atoms with Crippen molar-refractivity contribution in [3.63, 3.8) is 0 Å². The zero-order valence-electron chi connectivity index (χ0n) is 12.8. The van der Waals surface area contributed by atoms with Gasteiger partial charge in [-0.3, -0.25) is 0 Å². The van der Waals surface area contributed by atoms with Crippen molar-refractivity contribution in [1.82, 2.24) is 0 Å². The molecule has 0 fully saturated rings. The smallest absolute Gasteiger partial charge is 0.0518 e. The summed E-state index contributed by atoms with van der Waals surface area (Å²) in [5.74, 6) is 0. The van der Waals surface area contributed by atoms with Gasteiger partial charge in [0.25, 0.3) is 0 Å². The lowest BCUT2D eigenvalue weighted by molar-refractivity contribution is 0.137. The fourth-order valence-electron chi connectivity index (χ4n) is 1.58. The maximum Gasteiger partial charge on any atom is 0.0518 e. The number of unbranched alkanes of at least 4 members (excludes halogenated alkanes) is 1. The third-order valence-electron chi connectivity index (χ3n) is 2.92. The van der Waals surface area contributed by atoms with Gasteiger partial charge in [-0.15, -0.1) is 0 Å². The molecule has 3 nitrogen and oxygen atoms in total. The molecule has 0 radical (unpaired) electrons. The molecule has 0 atom stereocenters. The minimum Gasteiger partial charge on any atom is -0.381 e. The molecule has 19 heavy (non-hydrogen) atoms. The Morgan fingerprint density at radius 1 is 0.842 bits per heavy atom. The van der Waals surface area contributed by atoms with Gasteiger partial charge in [-0.25, -0.2) is 0 Å². The Bertz CT molecular complexity index is 239.